The third-order valence-corrected chi connectivity index (χ3v) is 4.33. The summed E-state index contributed by atoms with van der Waals surface area (Å²) in [6, 6.07) is 4.97. The SMILES string of the molecule is Cc1cc2oc(=O)cc(C)c2cc1NC(=O)CN1CCCCC1=O. The van der Waals surface area contributed by atoms with Crippen molar-refractivity contribution in [3.63, 3.8) is 0 Å². The number of nitrogens with zero attached hydrogens (tertiary/aromatic N) is 1. The number of carbonyl (C=O) groups is 2. The summed E-state index contributed by atoms with van der Waals surface area (Å²) in [5.74, 6) is -0.188. The van der Waals surface area contributed by atoms with E-state index in [1.54, 1.807) is 17.0 Å². The molecule has 2 heterocycles. The Balaban J connectivity index is 1.81. The van der Waals surface area contributed by atoms with E-state index in [0.717, 1.165) is 29.4 Å². The number of hydrogen-bond acceptors (Lipinski definition) is 4. The first-order chi connectivity index (χ1) is 11.4. The number of amides is 2. The smallest absolute Gasteiger partial charge is 0.336 e. The number of anilines is 1. The molecule has 2 aromatic rings. The van der Waals surface area contributed by atoms with Crippen molar-refractivity contribution in [1.82, 2.24) is 4.90 Å². The van der Waals surface area contributed by atoms with E-state index in [1.807, 2.05) is 13.8 Å². The van der Waals surface area contributed by atoms with E-state index in [2.05, 4.69) is 5.32 Å². The Morgan fingerprint density at radius 3 is 2.71 bits per heavy atom. The van der Waals surface area contributed by atoms with E-state index in [-0.39, 0.29) is 24.0 Å². The van der Waals surface area contributed by atoms with Crippen LogP contribution in [0, 0.1) is 13.8 Å². The average molecular weight is 328 g/mol. The van der Waals surface area contributed by atoms with E-state index < -0.39 is 0 Å². The second-order valence-electron chi connectivity index (χ2n) is 6.23. The fourth-order valence-electron chi connectivity index (χ4n) is 2.99. The van der Waals surface area contributed by atoms with Crippen LogP contribution in [0.2, 0.25) is 0 Å². The van der Waals surface area contributed by atoms with Gasteiger partial charge in [0.15, 0.2) is 0 Å². The predicted octanol–water partition coefficient (Wildman–Crippen LogP) is 2.36. The Morgan fingerprint density at radius 1 is 1.17 bits per heavy atom. The van der Waals surface area contributed by atoms with Crippen molar-refractivity contribution in [2.45, 2.75) is 33.1 Å². The molecule has 1 saturated heterocycles. The van der Waals surface area contributed by atoms with Gasteiger partial charge in [0, 0.05) is 30.1 Å². The largest absolute Gasteiger partial charge is 0.423 e. The van der Waals surface area contributed by atoms with Crippen LogP contribution in [0.3, 0.4) is 0 Å². The Kier molecular flexibility index (Phi) is 4.38. The summed E-state index contributed by atoms with van der Waals surface area (Å²) < 4.78 is 5.20. The Bertz CT molecular complexity index is 869. The molecule has 2 amide bonds. The lowest BCUT2D eigenvalue weighted by Crippen LogP contribution is -2.40. The number of carbonyl (C=O) groups excluding carboxylic acids is 2. The highest BCUT2D eigenvalue weighted by Crippen LogP contribution is 2.25. The summed E-state index contributed by atoms with van der Waals surface area (Å²) in [5, 5.41) is 3.64. The van der Waals surface area contributed by atoms with E-state index in [0.29, 0.717) is 24.2 Å². The molecule has 1 aromatic heterocycles. The summed E-state index contributed by atoms with van der Waals surface area (Å²) in [6.45, 7) is 4.36. The standard InChI is InChI=1S/C18H20N2O4/c1-11-8-18(23)24-15-7-12(2)14(9-13(11)15)19-16(21)10-20-6-4-3-5-17(20)22/h7-9H,3-6,10H2,1-2H3,(H,19,21). The third kappa shape index (κ3) is 3.32. The average Bonchev–Trinajstić information content (AvgIpc) is 2.51. The molecule has 0 saturated carbocycles. The zero-order chi connectivity index (χ0) is 17.3. The minimum Gasteiger partial charge on any atom is -0.423 e. The van der Waals surface area contributed by atoms with Crippen molar-refractivity contribution < 1.29 is 14.0 Å². The maximum atomic E-state index is 12.3. The third-order valence-electron chi connectivity index (χ3n) is 4.33. The molecule has 126 valence electrons. The van der Waals surface area contributed by atoms with Crippen LogP contribution in [0.15, 0.2) is 27.4 Å². The first-order valence-electron chi connectivity index (χ1n) is 8.07. The Hall–Kier alpha value is -2.63. The molecule has 0 radical (unpaired) electrons. The summed E-state index contributed by atoms with van der Waals surface area (Å²) in [5.41, 5.74) is 2.37. The van der Waals surface area contributed by atoms with Crippen LogP contribution in [-0.4, -0.2) is 29.8 Å². The minimum atomic E-state index is -0.389. The molecule has 0 spiro atoms. The number of benzene rings is 1. The highest BCUT2D eigenvalue weighted by molar-refractivity contribution is 5.97. The molecule has 1 aromatic carbocycles. The molecule has 1 aliphatic rings. The minimum absolute atomic E-state index is 0.0317. The molecule has 1 fully saturated rings. The first kappa shape index (κ1) is 16.2. The highest BCUT2D eigenvalue weighted by atomic mass is 16.4. The van der Waals surface area contributed by atoms with Gasteiger partial charge in [-0.25, -0.2) is 4.79 Å². The predicted molar refractivity (Wildman–Crippen MR) is 91.0 cm³/mol. The molecule has 1 aliphatic heterocycles. The van der Waals surface area contributed by atoms with Crippen LogP contribution < -0.4 is 10.9 Å². The van der Waals surface area contributed by atoms with Gasteiger partial charge >= 0.3 is 5.63 Å². The number of likely N-dealkylation sites (tertiary alicyclic amines) is 1. The maximum Gasteiger partial charge on any atom is 0.336 e. The lowest BCUT2D eigenvalue weighted by molar-refractivity contribution is -0.136. The van der Waals surface area contributed by atoms with Crippen molar-refractivity contribution in [3.05, 3.63) is 39.7 Å². The van der Waals surface area contributed by atoms with Crippen molar-refractivity contribution in [3.8, 4) is 0 Å². The van der Waals surface area contributed by atoms with Gasteiger partial charge in [0.05, 0.1) is 6.54 Å². The van der Waals surface area contributed by atoms with Crippen molar-refractivity contribution in [2.24, 2.45) is 0 Å². The Labute approximate surface area is 139 Å². The second-order valence-corrected chi connectivity index (χ2v) is 6.23. The number of nitrogens with one attached hydrogen (secondary N) is 1. The molecule has 3 rings (SSSR count). The molecule has 6 nitrogen and oxygen atoms in total. The maximum absolute atomic E-state index is 12.3. The van der Waals surface area contributed by atoms with Crippen LogP contribution in [-0.2, 0) is 9.59 Å². The topological polar surface area (TPSA) is 79.6 Å². The van der Waals surface area contributed by atoms with Gasteiger partial charge in [-0.3, -0.25) is 9.59 Å². The lowest BCUT2D eigenvalue weighted by Gasteiger charge is -2.26. The van der Waals surface area contributed by atoms with Gasteiger partial charge in [-0.05, 0) is 49.9 Å². The molecule has 0 atom stereocenters. The van der Waals surface area contributed by atoms with Crippen LogP contribution >= 0.6 is 0 Å². The summed E-state index contributed by atoms with van der Waals surface area (Å²) in [4.78, 5) is 37.1. The highest BCUT2D eigenvalue weighted by Gasteiger charge is 2.20. The quantitative estimate of drug-likeness (QED) is 0.877. The molecule has 0 aliphatic carbocycles. The normalized spacial score (nSPS) is 14.9. The molecule has 0 bridgehead atoms. The van der Waals surface area contributed by atoms with Crippen molar-refractivity contribution >= 4 is 28.5 Å². The van der Waals surface area contributed by atoms with Crippen LogP contribution in [0.1, 0.15) is 30.4 Å². The molecule has 0 unspecified atom stereocenters. The lowest BCUT2D eigenvalue weighted by atomic mass is 10.1. The van der Waals surface area contributed by atoms with Crippen molar-refractivity contribution in [2.75, 3.05) is 18.4 Å². The molecule has 24 heavy (non-hydrogen) atoms. The zero-order valence-corrected chi connectivity index (χ0v) is 13.8. The van der Waals surface area contributed by atoms with Crippen LogP contribution in [0.5, 0.6) is 0 Å². The molecule has 6 heteroatoms. The van der Waals surface area contributed by atoms with Gasteiger partial charge in [-0.1, -0.05) is 0 Å². The second kappa shape index (κ2) is 6.47. The van der Waals surface area contributed by atoms with E-state index in [4.69, 9.17) is 4.42 Å². The van der Waals surface area contributed by atoms with Gasteiger partial charge in [0.25, 0.3) is 0 Å². The van der Waals surface area contributed by atoms with E-state index in [1.165, 1.54) is 6.07 Å². The number of aryl methyl sites for hydroxylation is 2. The number of fused-ring (bicyclic) bond motifs is 1. The van der Waals surface area contributed by atoms with Gasteiger partial charge in [-0.15, -0.1) is 0 Å². The number of rotatable bonds is 3. The fraction of sp³-hybridized carbons (Fsp3) is 0.389. The summed E-state index contributed by atoms with van der Waals surface area (Å²) >= 11 is 0. The van der Waals surface area contributed by atoms with E-state index in [9.17, 15) is 14.4 Å². The Morgan fingerprint density at radius 2 is 1.96 bits per heavy atom. The summed E-state index contributed by atoms with van der Waals surface area (Å²) in [7, 11) is 0. The molecular weight excluding hydrogens is 308 g/mol. The fourth-order valence-corrected chi connectivity index (χ4v) is 2.99. The van der Waals surface area contributed by atoms with Crippen LogP contribution in [0.4, 0.5) is 5.69 Å². The van der Waals surface area contributed by atoms with Gasteiger partial charge in [0.1, 0.15) is 5.58 Å². The monoisotopic (exact) mass is 328 g/mol. The molecule has 1 N–H and O–H groups in total. The van der Waals surface area contributed by atoms with Crippen molar-refractivity contribution in [1.29, 1.82) is 0 Å². The molecular formula is C18H20N2O4. The zero-order valence-electron chi connectivity index (χ0n) is 13.8. The van der Waals surface area contributed by atoms with Gasteiger partial charge < -0.3 is 14.6 Å². The first-order valence-corrected chi connectivity index (χ1v) is 8.07. The van der Waals surface area contributed by atoms with E-state index >= 15 is 0 Å². The van der Waals surface area contributed by atoms with Gasteiger partial charge in [-0.2, -0.15) is 0 Å². The summed E-state index contributed by atoms with van der Waals surface area (Å²) in [6.07, 6.45) is 2.35. The number of piperidine rings is 1. The number of hydrogen-bond donors (Lipinski definition) is 1. The van der Waals surface area contributed by atoms with Gasteiger partial charge in [0.2, 0.25) is 11.8 Å². The van der Waals surface area contributed by atoms with Crippen LogP contribution in [0.25, 0.3) is 11.0 Å².